The predicted molar refractivity (Wildman–Crippen MR) is 76.1 cm³/mol. The molecule has 0 aliphatic carbocycles. The Morgan fingerprint density at radius 1 is 1.43 bits per heavy atom. The minimum absolute atomic E-state index is 0.00579. The van der Waals surface area contributed by atoms with E-state index in [0.29, 0.717) is 5.69 Å². The molecule has 0 atom stereocenters. The van der Waals surface area contributed by atoms with Gasteiger partial charge in [-0.1, -0.05) is 6.07 Å². The highest BCUT2D eigenvalue weighted by atomic mass is 32.2. The van der Waals surface area contributed by atoms with Crippen molar-refractivity contribution in [3.05, 3.63) is 56.9 Å². The van der Waals surface area contributed by atoms with Crippen LogP contribution in [0.1, 0.15) is 16.1 Å². The molecule has 0 spiro atoms. The molecule has 0 aromatic carbocycles. The van der Waals surface area contributed by atoms with E-state index in [-0.39, 0.29) is 17.0 Å². The van der Waals surface area contributed by atoms with Gasteiger partial charge < -0.3 is 0 Å². The van der Waals surface area contributed by atoms with Crippen molar-refractivity contribution in [2.24, 2.45) is 5.11 Å². The van der Waals surface area contributed by atoms with Crippen LogP contribution in [0.5, 0.6) is 0 Å². The monoisotopic (exact) mass is 323 g/mol. The standard InChI is InChI=1S/C11H9N5O3S2/c12-16-15-11(17)9-6-20-7-10(9)21(18,19)14-5-8-3-1-2-4-13-8/h1-4,6-7,14H,5H2. The van der Waals surface area contributed by atoms with Crippen molar-refractivity contribution >= 4 is 27.3 Å². The molecule has 1 amide bonds. The Labute approximate surface area is 124 Å². The number of nitrogens with one attached hydrogen (secondary N) is 1. The van der Waals surface area contributed by atoms with Crippen LogP contribution in [0.25, 0.3) is 10.4 Å². The van der Waals surface area contributed by atoms with Gasteiger partial charge in [0.05, 0.1) is 17.8 Å². The number of sulfonamides is 1. The SMILES string of the molecule is [N-]=[N+]=NC(=O)c1cscc1S(=O)(=O)NCc1ccccn1. The van der Waals surface area contributed by atoms with Crippen molar-refractivity contribution in [2.75, 3.05) is 0 Å². The van der Waals surface area contributed by atoms with Gasteiger partial charge in [-0.3, -0.25) is 9.78 Å². The first kappa shape index (κ1) is 15.1. The molecule has 8 nitrogen and oxygen atoms in total. The molecule has 108 valence electrons. The maximum Gasteiger partial charge on any atom is 0.251 e. The van der Waals surface area contributed by atoms with Gasteiger partial charge in [-0.05, 0) is 22.8 Å². The second-order valence-electron chi connectivity index (χ2n) is 3.79. The Kier molecular flexibility index (Phi) is 4.66. The number of hydrogen-bond acceptors (Lipinski definition) is 5. The molecule has 2 heterocycles. The highest BCUT2D eigenvalue weighted by molar-refractivity contribution is 7.89. The second-order valence-corrected chi connectivity index (χ2v) is 6.27. The number of amides is 1. The zero-order valence-corrected chi connectivity index (χ0v) is 12.1. The molecule has 0 saturated carbocycles. The number of pyridine rings is 1. The van der Waals surface area contributed by atoms with Crippen LogP contribution in [0.4, 0.5) is 0 Å². The fourth-order valence-corrected chi connectivity index (χ4v) is 3.85. The van der Waals surface area contributed by atoms with E-state index in [1.807, 2.05) is 0 Å². The second kappa shape index (κ2) is 6.46. The highest BCUT2D eigenvalue weighted by Crippen LogP contribution is 2.21. The van der Waals surface area contributed by atoms with Gasteiger partial charge in [-0.2, -0.15) is 11.3 Å². The van der Waals surface area contributed by atoms with E-state index >= 15 is 0 Å². The third kappa shape index (κ3) is 3.64. The van der Waals surface area contributed by atoms with E-state index in [0.717, 1.165) is 11.3 Å². The first-order valence-electron chi connectivity index (χ1n) is 5.60. The third-order valence-electron chi connectivity index (χ3n) is 2.45. The summed E-state index contributed by atoms with van der Waals surface area (Å²) in [6.45, 7) is -0.00579. The number of carbonyl (C=O) groups is 1. The number of aromatic nitrogens is 1. The Morgan fingerprint density at radius 2 is 2.24 bits per heavy atom. The van der Waals surface area contributed by atoms with Crippen LogP contribution in [-0.2, 0) is 16.6 Å². The molecule has 0 fully saturated rings. The molecule has 1 N–H and O–H groups in total. The first-order valence-corrected chi connectivity index (χ1v) is 8.02. The Hall–Kier alpha value is -2.26. The smallest absolute Gasteiger partial charge is 0.251 e. The summed E-state index contributed by atoms with van der Waals surface area (Å²) in [4.78, 5) is 17.7. The van der Waals surface area contributed by atoms with Crippen molar-refractivity contribution in [3.8, 4) is 0 Å². The molecule has 0 aliphatic heterocycles. The maximum atomic E-state index is 12.2. The van der Waals surface area contributed by atoms with Gasteiger partial charge in [-0.25, -0.2) is 13.1 Å². The molecule has 0 aliphatic rings. The molecule has 10 heteroatoms. The minimum atomic E-state index is -3.89. The lowest BCUT2D eigenvalue weighted by Gasteiger charge is -2.06. The predicted octanol–water partition coefficient (Wildman–Crippen LogP) is 2.07. The summed E-state index contributed by atoms with van der Waals surface area (Å²) < 4.78 is 26.7. The van der Waals surface area contributed by atoms with Gasteiger partial charge in [0.2, 0.25) is 10.0 Å². The Morgan fingerprint density at radius 3 is 2.90 bits per heavy atom. The third-order valence-corrected chi connectivity index (χ3v) is 4.79. The molecule has 0 saturated heterocycles. The highest BCUT2D eigenvalue weighted by Gasteiger charge is 2.22. The number of nitrogens with zero attached hydrogens (tertiary/aromatic N) is 4. The molecular formula is C11H9N5O3S2. The van der Waals surface area contributed by atoms with Crippen molar-refractivity contribution in [3.63, 3.8) is 0 Å². The summed E-state index contributed by atoms with van der Waals surface area (Å²) >= 11 is 1.03. The lowest BCUT2D eigenvalue weighted by molar-refractivity contribution is 0.0998. The molecule has 2 aromatic rings. The molecule has 21 heavy (non-hydrogen) atoms. The average Bonchev–Trinajstić information content (AvgIpc) is 2.97. The van der Waals surface area contributed by atoms with Gasteiger partial charge in [0.25, 0.3) is 5.91 Å². The van der Waals surface area contributed by atoms with Gasteiger partial charge >= 0.3 is 0 Å². The minimum Gasteiger partial charge on any atom is -0.287 e. The van der Waals surface area contributed by atoms with E-state index in [9.17, 15) is 13.2 Å². The number of carbonyl (C=O) groups excluding carboxylic acids is 1. The first-order chi connectivity index (χ1) is 10.0. The summed E-state index contributed by atoms with van der Waals surface area (Å²) in [6.07, 6.45) is 1.55. The molecule has 0 bridgehead atoms. The summed E-state index contributed by atoms with van der Waals surface area (Å²) in [6, 6.07) is 5.12. The van der Waals surface area contributed by atoms with Crippen molar-refractivity contribution < 1.29 is 13.2 Å². The van der Waals surface area contributed by atoms with E-state index in [1.165, 1.54) is 10.8 Å². The summed E-state index contributed by atoms with van der Waals surface area (Å²) in [5, 5.41) is 5.54. The molecule has 0 unspecified atom stereocenters. The van der Waals surface area contributed by atoms with E-state index in [2.05, 4.69) is 19.7 Å². The molecule has 2 aromatic heterocycles. The summed E-state index contributed by atoms with van der Waals surface area (Å²) in [5.41, 5.74) is 8.64. The molecule has 0 radical (unpaired) electrons. The van der Waals surface area contributed by atoms with E-state index in [1.54, 1.807) is 24.4 Å². The maximum absolute atomic E-state index is 12.2. The van der Waals surface area contributed by atoms with Crippen molar-refractivity contribution in [2.45, 2.75) is 11.4 Å². The van der Waals surface area contributed by atoms with Crippen LogP contribution >= 0.6 is 11.3 Å². The Bertz CT molecular complexity index is 794. The van der Waals surface area contributed by atoms with Crippen LogP contribution in [0, 0.1) is 0 Å². The van der Waals surface area contributed by atoms with Crippen LogP contribution in [0.3, 0.4) is 0 Å². The zero-order valence-electron chi connectivity index (χ0n) is 10.5. The quantitative estimate of drug-likeness (QED) is 0.513. The van der Waals surface area contributed by atoms with Crippen LogP contribution in [-0.4, -0.2) is 19.3 Å². The molecular weight excluding hydrogens is 314 g/mol. The fraction of sp³-hybridized carbons (Fsp3) is 0.0909. The number of rotatable bonds is 5. The number of thiophene rings is 1. The summed E-state index contributed by atoms with van der Waals surface area (Å²) in [5.74, 6) is -0.933. The largest absolute Gasteiger partial charge is 0.287 e. The van der Waals surface area contributed by atoms with Crippen LogP contribution in [0.15, 0.2) is 45.2 Å². The number of hydrogen-bond donors (Lipinski definition) is 1. The zero-order chi connectivity index (χ0) is 15.3. The normalized spacial score (nSPS) is 10.9. The fourth-order valence-electron chi connectivity index (χ4n) is 1.49. The molecule has 2 rings (SSSR count). The lowest BCUT2D eigenvalue weighted by atomic mass is 10.3. The van der Waals surface area contributed by atoms with Gasteiger partial charge in [0, 0.05) is 21.9 Å². The van der Waals surface area contributed by atoms with Crippen LogP contribution < -0.4 is 4.72 Å². The van der Waals surface area contributed by atoms with Crippen LogP contribution in [0.2, 0.25) is 0 Å². The van der Waals surface area contributed by atoms with Gasteiger partial charge in [0.1, 0.15) is 4.90 Å². The Balaban J connectivity index is 2.23. The van der Waals surface area contributed by atoms with Crippen molar-refractivity contribution in [1.82, 2.24) is 9.71 Å². The topological polar surface area (TPSA) is 125 Å². The summed E-state index contributed by atoms with van der Waals surface area (Å²) in [7, 11) is -3.89. The van der Waals surface area contributed by atoms with Gasteiger partial charge in [-0.15, -0.1) is 0 Å². The number of azide groups is 1. The van der Waals surface area contributed by atoms with Crippen molar-refractivity contribution in [1.29, 1.82) is 0 Å². The van der Waals surface area contributed by atoms with E-state index in [4.69, 9.17) is 5.53 Å². The van der Waals surface area contributed by atoms with E-state index < -0.39 is 15.9 Å². The average molecular weight is 323 g/mol. The lowest BCUT2D eigenvalue weighted by Crippen LogP contribution is -2.24. The van der Waals surface area contributed by atoms with Gasteiger partial charge in [0.15, 0.2) is 0 Å².